The first-order valence-corrected chi connectivity index (χ1v) is 8.26. The molecule has 2 atom stereocenters. The van der Waals surface area contributed by atoms with E-state index in [-0.39, 0.29) is 11.4 Å². The van der Waals surface area contributed by atoms with E-state index in [0.717, 1.165) is 24.6 Å². The molecule has 0 bridgehead atoms. The molecule has 23 heavy (non-hydrogen) atoms. The quantitative estimate of drug-likeness (QED) is 0.587. The molecule has 2 aliphatic rings. The number of hydrogen-bond donors (Lipinski definition) is 0. The molecule has 3 heteroatoms. The van der Waals surface area contributed by atoms with Gasteiger partial charge in [-0.3, -0.25) is 9.59 Å². The van der Waals surface area contributed by atoms with Crippen molar-refractivity contribution in [2.24, 2.45) is 5.41 Å². The lowest BCUT2D eigenvalue weighted by molar-refractivity contribution is -0.132. The summed E-state index contributed by atoms with van der Waals surface area (Å²) in [7, 11) is 0. The molecule has 1 fully saturated rings. The minimum atomic E-state index is -0.303. The van der Waals surface area contributed by atoms with E-state index in [9.17, 15) is 9.59 Å². The second kappa shape index (κ2) is 4.92. The van der Waals surface area contributed by atoms with Crippen LogP contribution < -0.4 is 4.74 Å². The van der Waals surface area contributed by atoms with Crippen LogP contribution in [0.4, 0.5) is 0 Å². The molecule has 0 radical (unpaired) electrons. The van der Waals surface area contributed by atoms with Crippen molar-refractivity contribution in [1.29, 1.82) is 0 Å². The van der Waals surface area contributed by atoms with Crippen LogP contribution >= 0.6 is 0 Å². The minimum Gasteiger partial charge on any atom is -0.427 e. The van der Waals surface area contributed by atoms with Crippen LogP contribution in [0.25, 0.3) is 10.8 Å². The SMILES string of the molecule is CC(=O)Oc1ccc2c3c(ccc2c1)[C@H]1CCC(=O)[C@@]1(C)CC3. The zero-order chi connectivity index (χ0) is 16.2. The summed E-state index contributed by atoms with van der Waals surface area (Å²) in [5.74, 6) is 1.07. The fourth-order valence-electron chi connectivity index (χ4n) is 4.50. The average Bonchev–Trinajstić information content (AvgIpc) is 2.82. The van der Waals surface area contributed by atoms with E-state index < -0.39 is 0 Å². The number of carbonyl (C=O) groups is 2. The first kappa shape index (κ1) is 14.4. The van der Waals surface area contributed by atoms with E-state index in [1.807, 2.05) is 18.2 Å². The molecule has 0 heterocycles. The van der Waals surface area contributed by atoms with Crippen LogP contribution in [0.1, 0.15) is 50.2 Å². The van der Waals surface area contributed by atoms with Crippen LogP contribution in [-0.4, -0.2) is 11.8 Å². The zero-order valence-corrected chi connectivity index (χ0v) is 13.5. The maximum Gasteiger partial charge on any atom is 0.308 e. The summed E-state index contributed by atoms with van der Waals surface area (Å²) >= 11 is 0. The van der Waals surface area contributed by atoms with Gasteiger partial charge in [-0.1, -0.05) is 25.1 Å². The highest BCUT2D eigenvalue weighted by Crippen LogP contribution is 2.54. The Morgan fingerprint density at radius 1 is 1.22 bits per heavy atom. The minimum absolute atomic E-state index is 0.168. The number of ketones is 1. The number of aryl methyl sites for hydroxylation is 1. The van der Waals surface area contributed by atoms with Crippen LogP contribution in [0.15, 0.2) is 30.3 Å². The van der Waals surface area contributed by atoms with Crippen LogP contribution in [0.5, 0.6) is 5.75 Å². The van der Waals surface area contributed by atoms with Gasteiger partial charge >= 0.3 is 5.97 Å². The van der Waals surface area contributed by atoms with E-state index in [2.05, 4.69) is 19.1 Å². The largest absolute Gasteiger partial charge is 0.427 e. The van der Waals surface area contributed by atoms with Gasteiger partial charge in [-0.15, -0.1) is 0 Å². The summed E-state index contributed by atoms with van der Waals surface area (Å²) in [5, 5.41) is 2.32. The van der Waals surface area contributed by atoms with Gasteiger partial charge < -0.3 is 4.74 Å². The molecule has 2 aromatic carbocycles. The summed E-state index contributed by atoms with van der Waals surface area (Å²) in [6.07, 6.45) is 3.57. The molecule has 4 rings (SSSR count). The third-order valence-electron chi connectivity index (χ3n) is 5.74. The number of carbonyl (C=O) groups excluding carboxylic acids is 2. The van der Waals surface area contributed by atoms with Gasteiger partial charge in [-0.2, -0.15) is 0 Å². The van der Waals surface area contributed by atoms with Crippen molar-refractivity contribution in [1.82, 2.24) is 0 Å². The number of ether oxygens (including phenoxy) is 1. The number of esters is 1. The van der Waals surface area contributed by atoms with E-state index in [0.29, 0.717) is 23.9 Å². The lowest BCUT2D eigenvalue weighted by atomic mass is 9.66. The summed E-state index contributed by atoms with van der Waals surface area (Å²) in [4.78, 5) is 23.4. The highest BCUT2D eigenvalue weighted by Gasteiger charge is 2.49. The normalized spacial score (nSPS) is 26.0. The summed E-state index contributed by atoms with van der Waals surface area (Å²) in [6.45, 7) is 3.55. The maximum atomic E-state index is 12.3. The number of rotatable bonds is 1. The first-order chi connectivity index (χ1) is 11.0. The topological polar surface area (TPSA) is 43.4 Å². The van der Waals surface area contributed by atoms with Crippen molar-refractivity contribution < 1.29 is 14.3 Å². The standard InChI is InChI=1S/C20H20O3/c1-12(21)23-14-4-6-15-13(11-14)3-5-17-16(15)9-10-20(2)18(17)7-8-19(20)22/h3-6,11,18H,7-10H2,1-2H3/t18-,20+/m1/s1. The van der Waals surface area contributed by atoms with Crippen LogP contribution in [0.3, 0.4) is 0 Å². The monoisotopic (exact) mass is 308 g/mol. The Morgan fingerprint density at radius 2 is 2.04 bits per heavy atom. The van der Waals surface area contributed by atoms with Crippen molar-refractivity contribution in [3.63, 3.8) is 0 Å². The fraction of sp³-hybridized carbons (Fsp3) is 0.400. The molecule has 1 saturated carbocycles. The van der Waals surface area contributed by atoms with E-state index in [1.54, 1.807) is 0 Å². The summed E-state index contributed by atoms with van der Waals surface area (Å²) in [5.41, 5.74) is 2.55. The molecule has 0 amide bonds. The van der Waals surface area contributed by atoms with E-state index in [4.69, 9.17) is 4.74 Å². The summed E-state index contributed by atoms with van der Waals surface area (Å²) in [6, 6.07) is 10.1. The van der Waals surface area contributed by atoms with Gasteiger partial charge in [0.15, 0.2) is 0 Å². The van der Waals surface area contributed by atoms with Crippen molar-refractivity contribution in [3.05, 3.63) is 41.5 Å². The lowest BCUT2D eigenvalue weighted by Crippen LogP contribution is -2.32. The zero-order valence-electron chi connectivity index (χ0n) is 13.5. The van der Waals surface area contributed by atoms with Gasteiger partial charge in [0.25, 0.3) is 0 Å². The molecule has 118 valence electrons. The lowest BCUT2D eigenvalue weighted by Gasteiger charge is -2.37. The maximum absolute atomic E-state index is 12.3. The molecule has 0 unspecified atom stereocenters. The van der Waals surface area contributed by atoms with Crippen molar-refractivity contribution >= 4 is 22.5 Å². The Morgan fingerprint density at radius 3 is 2.83 bits per heavy atom. The molecular formula is C20H20O3. The van der Waals surface area contributed by atoms with Crippen molar-refractivity contribution in [2.45, 2.75) is 45.4 Å². The predicted octanol–water partition coefficient (Wildman–Crippen LogP) is 4.16. The van der Waals surface area contributed by atoms with Gasteiger partial charge in [0.05, 0.1) is 0 Å². The Hall–Kier alpha value is -2.16. The second-order valence-electron chi connectivity index (χ2n) is 7.04. The third kappa shape index (κ3) is 2.10. The number of Topliss-reactive ketones (excluding diaryl/α,β-unsaturated/α-hetero) is 1. The van der Waals surface area contributed by atoms with E-state index >= 15 is 0 Å². The average molecular weight is 308 g/mol. The molecule has 2 aromatic rings. The molecule has 2 aliphatic carbocycles. The smallest absolute Gasteiger partial charge is 0.308 e. The highest BCUT2D eigenvalue weighted by atomic mass is 16.5. The molecular weight excluding hydrogens is 288 g/mol. The number of fused-ring (bicyclic) bond motifs is 5. The Labute approximate surface area is 135 Å². The van der Waals surface area contributed by atoms with Crippen LogP contribution in [0, 0.1) is 5.41 Å². The van der Waals surface area contributed by atoms with Gasteiger partial charge in [0.1, 0.15) is 11.5 Å². The van der Waals surface area contributed by atoms with Gasteiger partial charge in [-0.05, 0) is 59.2 Å². The molecule has 0 saturated heterocycles. The van der Waals surface area contributed by atoms with Crippen LogP contribution in [-0.2, 0) is 16.0 Å². The molecule has 0 spiro atoms. The molecule has 0 N–H and O–H groups in total. The second-order valence-corrected chi connectivity index (χ2v) is 7.04. The number of benzene rings is 2. The van der Waals surface area contributed by atoms with Crippen molar-refractivity contribution in [2.75, 3.05) is 0 Å². The Kier molecular flexibility index (Phi) is 3.09. The Balaban J connectivity index is 1.83. The van der Waals surface area contributed by atoms with Crippen molar-refractivity contribution in [3.8, 4) is 5.75 Å². The van der Waals surface area contributed by atoms with Crippen LogP contribution in [0.2, 0.25) is 0 Å². The van der Waals surface area contributed by atoms with E-state index in [1.165, 1.54) is 23.4 Å². The third-order valence-corrected chi connectivity index (χ3v) is 5.74. The van der Waals surface area contributed by atoms with Gasteiger partial charge in [0, 0.05) is 18.8 Å². The molecule has 0 aliphatic heterocycles. The number of hydrogen-bond acceptors (Lipinski definition) is 3. The van der Waals surface area contributed by atoms with Gasteiger partial charge in [0.2, 0.25) is 0 Å². The highest BCUT2D eigenvalue weighted by molar-refractivity contribution is 5.92. The molecule has 0 aromatic heterocycles. The van der Waals surface area contributed by atoms with Gasteiger partial charge in [-0.25, -0.2) is 0 Å². The summed E-state index contributed by atoms with van der Waals surface area (Å²) < 4.78 is 5.18. The predicted molar refractivity (Wildman–Crippen MR) is 88.7 cm³/mol. The molecule has 3 nitrogen and oxygen atoms in total. The Bertz CT molecular complexity index is 836. The first-order valence-electron chi connectivity index (χ1n) is 8.26. The fourth-order valence-corrected chi connectivity index (χ4v) is 4.50.